The van der Waals surface area contributed by atoms with Gasteiger partial charge in [0.2, 0.25) is 5.95 Å². The van der Waals surface area contributed by atoms with E-state index >= 15 is 0 Å². The summed E-state index contributed by atoms with van der Waals surface area (Å²) >= 11 is 0. The number of hydrogen-bond donors (Lipinski definition) is 1. The summed E-state index contributed by atoms with van der Waals surface area (Å²) in [4.78, 5) is 7.00. The Morgan fingerprint density at radius 1 is 1.25 bits per heavy atom. The number of nitrogens with zero attached hydrogens (tertiary/aromatic N) is 3. The molecule has 0 amide bonds. The van der Waals surface area contributed by atoms with E-state index in [0.717, 1.165) is 31.7 Å². The third kappa shape index (κ3) is 2.43. The Morgan fingerprint density at radius 3 is 2.70 bits per heavy atom. The normalized spacial score (nSPS) is 15.6. The summed E-state index contributed by atoms with van der Waals surface area (Å²) in [5, 5.41) is 0. The van der Waals surface area contributed by atoms with E-state index in [1.165, 1.54) is 11.3 Å². The molecule has 0 unspecified atom stereocenters. The van der Waals surface area contributed by atoms with Gasteiger partial charge in [0.05, 0.1) is 5.69 Å². The molecule has 2 N–H and O–H groups in total. The van der Waals surface area contributed by atoms with Crippen molar-refractivity contribution >= 4 is 5.95 Å². The van der Waals surface area contributed by atoms with Crippen molar-refractivity contribution < 1.29 is 0 Å². The van der Waals surface area contributed by atoms with Crippen molar-refractivity contribution in [2.45, 2.75) is 39.4 Å². The molecule has 4 heteroatoms. The van der Waals surface area contributed by atoms with Gasteiger partial charge in [-0.15, -0.1) is 0 Å². The van der Waals surface area contributed by atoms with Crippen LogP contribution in [0.25, 0.3) is 0 Å². The third-order valence-electron chi connectivity index (χ3n) is 3.92. The molecule has 0 atom stereocenters. The van der Waals surface area contributed by atoms with Crippen LogP contribution in [0.15, 0.2) is 30.3 Å². The standard InChI is InChI=1S/C16H22N4/c1-12(2)20-15-8-9-19(11-14(15)18-16(20)17)10-13-6-4-3-5-7-13/h3-7,12H,8-11H2,1-2H3,(H2,17,18). The SMILES string of the molecule is CC(C)n1c(N)nc2c1CCN(Cc1ccccc1)C2. The Kier molecular flexibility index (Phi) is 3.49. The number of nitrogens with two attached hydrogens (primary N) is 1. The second-order valence-electron chi connectivity index (χ2n) is 5.77. The second kappa shape index (κ2) is 5.29. The van der Waals surface area contributed by atoms with Crippen molar-refractivity contribution in [2.75, 3.05) is 12.3 Å². The van der Waals surface area contributed by atoms with Crippen molar-refractivity contribution in [1.82, 2.24) is 14.5 Å². The Hall–Kier alpha value is -1.81. The molecule has 1 aromatic carbocycles. The first-order valence-electron chi connectivity index (χ1n) is 7.27. The lowest BCUT2D eigenvalue weighted by Crippen LogP contribution is -2.31. The summed E-state index contributed by atoms with van der Waals surface area (Å²) in [5.41, 5.74) is 9.88. The molecule has 2 aromatic rings. The van der Waals surface area contributed by atoms with Crippen molar-refractivity contribution in [3.05, 3.63) is 47.3 Å². The van der Waals surface area contributed by atoms with E-state index < -0.39 is 0 Å². The number of imidazole rings is 1. The largest absolute Gasteiger partial charge is 0.369 e. The second-order valence-corrected chi connectivity index (χ2v) is 5.77. The number of nitrogen functional groups attached to an aromatic ring is 1. The van der Waals surface area contributed by atoms with Crippen molar-refractivity contribution in [3.63, 3.8) is 0 Å². The quantitative estimate of drug-likeness (QED) is 0.932. The molecule has 1 aliphatic heterocycles. The predicted molar refractivity (Wildman–Crippen MR) is 81.3 cm³/mol. The lowest BCUT2D eigenvalue weighted by Gasteiger charge is -2.27. The minimum Gasteiger partial charge on any atom is -0.369 e. The molecule has 2 heterocycles. The van der Waals surface area contributed by atoms with Crippen LogP contribution in [0.4, 0.5) is 5.95 Å². The van der Waals surface area contributed by atoms with Gasteiger partial charge in [0.25, 0.3) is 0 Å². The molecular weight excluding hydrogens is 248 g/mol. The highest BCUT2D eigenvalue weighted by molar-refractivity contribution is 5.32. The topological polar surface area (TPSA) is 47.1 Å². The first kappa shape index (κ1) is 13.2. The summed E-state index contributed by atoms with van der Waals surface area (Å²) < 4.78 is 2.18. The van der Waals surface area contributed by atoms with Gasteiger partial charge >= 0.3 is 0 Å². The van der Waals surface area contributed by atoms with Gasteiger partial charge in [-0.3, -0.25) is 4.90 Å². The van der Waals surface area contributed by atoms with Crippen LogP contribution in [0.3, 0.4) is 0 Å². The highest BCUT2D eigenvalue weighted by Gasteiger charge is 2.24. The minimum atomic E-state index is 0.381. The molecule has 0 saturated heterocycles. The fourth-order valence-corrected chi connectivity index (χ4v) is 3.03. The fourth-order valence-electron chi connectivity index (χ4n) is 3.03. The van der Waals surface area contributed by atoms with E-state index in [4.69, 9.17) is 5.73 Å². The highest BCUT2D eigenvalue weighted by atomic mass is 15.2. The Balaban J connectivity index is 1.78. The maximum absolute atomic E-state index is 6.05. The van der Waals surface area contributed by atoms with Crippen LogP contribution in [0.1, 0.15) is 36.8 Å². The zero-order chi connectivity index (χ0) is 14.1. The Morgan fingerprint density at radius 2 is 2.00 bits per heavy atom. The highest BCUT2D eigenvalue weighted by Crippen LogP contribution is 2.25. The molecule has 20 heavy (non-hydrogen) atoms. The molecule has 3 rings (SSSR count). The summed E-state index contributed by atoms with van der Waals surface area (Å²) in [5.74, 6) is 0.659. The minimum absolute atomic E-state index is 0.381. The van der Waals surface area contributed by atoms with E-state index in [1.807, 2.05) is 0 Å². The monoisotopic (exact) mass is 270 g/mol. The smallest absolute Gasteiger partial charge is 0.200 e. The van der Waals surface area contributed by atoms with E-state index in [9.17, 15) is 0 Å². The Labute approximate surface area is 120 Å². The molecule has 4 nitrogen and oxygen atoms in total. The molecule has 106 valence electrons. The predicted octanol–water partition coefficient (Wildman–Crippen LogP) is 2.60. The zero-order valence-corrected chi connectivity index (χ0v) is 12.2. The van der Waals surface area contributed by atoms with Crippen LogP contribution in [0.2, 0.25) is 0 Å². The average molecular weight is 270 g/mol. The van der Waals surface area contributed by atoms with Crippen LogP contribution in [-0.4, -0.2) is 21.0 Å². The van der Waals surface area contributed by atoms with Gasteiger partial charge in [0.1, 0.15) is 0 Å². The van der Waals surface area contributed by atoms with Crippen LogP contribution < -0.4 is 5.73 Å². The third-order valence-corrected chi connectivity index (χ3v) is 3.92. The van der Waals surface area contributed by atoms with Gasteiger partial charge in [-0.25, -0.2) is 4.98 Å². The fraction of sp³-hybridized carbons (Fsp3) is 0.438. The number of rotatable bonds is 3. The molecule has 0 fully saturated rings. The molecule has 0 aliphatic carbocycles. The van der Waals surface area contributed by atoms with Gasteiger partial charge in [-0.2, -0.15) is 0 Å². The molecular formula is C16H22N4. The number of aromatic nitrogens is 2. The van der Waals surface area contributed by atoms with E-state index in [2.05, 4.69) is 58.6 Å². The number of benzene rings is 1. The lowest BCUT2D eigenvalue weighted by atomic mass is 10.1. The maximum Gasteiger partial charge on any atom is 0.200 e. The summed E-state index contributed by atoms with van der Waals surface area (Å²) in [6.07, 6.45) is 1.03. The summed E-state index contributed by atoms with van der Waals surface area (Å²) in [6, 6.07) is 11.0. The average Bonchev–Trinajstić information content (AvgIpc) is 2.75. The van der Waals surface area contributed by atoms with Crippen molar-refractivity contribution in [1.29, 1.82) is 0 Å². The number of fused-ring (bicyclic) bond motifs is 1. The Bertz CT molecular complexity index is 586. The molecule has 1 aliphatic rings. The summed E-state index contributed by atoms with van der Waals surface area (Å²) in [7, 11) is 0. The maximum atomic E-state index is 6.05. The van der Waals surface area contributed by atoms with Crippen LogP contribution in [0, 0.1) is 0 Å². The lowest BCUT2D eigenvalue weighted by molar-refractivity contribution is 0.239. The van der Waals surface area contributed by atoms with Gasteiger partial charge in [0, 0.05) is 37.8 Å². The molecule has 0 bridgehead atoms. The van der Waals surface area contributed by atoms with Crippen molar-refractivity contribution in [2.24, 2.45) is 0 Å². The van der Waals surface area contributed by atoms with Crippen LogP contribution >= 0.6 is 0 Å². The first-order valence-corrected chi connectivity index (χ1v) is 7.27. The van der Waals surface area contributed by atoms with Gasteiger partial charge in [0.15, 0.2) is 0 Å². The van der Waals surface area contributed by atoms with E-state index in [1.54, 1.807) is 0 Å². The van der Waals surface area contributed by atoms with Gasteiger partial charge in [-0.1, -0.05) is 30.3 Å². The van der Waals surface area contributed by atoms with Crippen molar-refractivity contribution in [3.8, 4) is 0 Å². The molecule has 0 radical (unpaired) electrons. The first-order chi connectivity index (χ1) is 9.65. The molecule has 0 spiro atoms. The summed E-state index contributed by atoms with van der Waals surface area (Å²) in [6.45, 7) is 7.27. The van der Waals surface area contributed by atoms with Crippen LogP contribution in [0.5, 0.6) is 0 Å². The number of anilines is 1. The van der Waals surface area contributed by atoms with E-state index in [0.29, 0.717) is 12.0 Å². The van der Waals surface area contributed by atoms with E-state index in [-0.39, 0.29) is 0 Å². The van der Waals surface area contributed by atoms with Gasteiger partial charge < -0.3 is 10.3 Å². The molecule has 0 saturated carbocycles. The van der Waals surface area contributed by atoms with Gasteiger partial charge in [-0.05, 0) is 19.4 Å². The number of hydrogen-bond acceptors (Lipinski definition) is 3. The van der Waals surface area contributed by atoms with Crippen LogP contribution in [-0.2, 0) is 19.5 Å². The molecule has 1 aromatic heterocycles. The zero-order valence-electron chi connectivity index (χ0n) is 12.2.